The molecule has 1 aromatic heterocycles. The monoisotopic (exact) mass is 669 g/mol. The van der Waals surface area contributed by atoms with Crippen molar-refractivity contribution < 1.29 is 51.0 Å². The van der Waals surface area contributed by atoms with Gasteiger partial charge in [-0.25, -0.2) is 23.7 Å². The fourth-order valence-electron chi connectivity index (χ4n) is 3.61. The van der Waals surface area contributed by atoms with E-state index in [0.29, 0.717) is 6.20 Å². The number of ether oxygens (including phenoxy) is 3. The number of nitrogens with zero attached hydrogens (tertiary/aromatic N) is 2. The number of anilines is 1. The van der Waals surface area contributed by atoms with Gasteiger partial charge in [-0.05, 0) is 53.3 Å². The second-order valence-corrected chi connectivity index (χ2v) is 13.8. The number of halogens is 5. The van der Waals surface area contributed by atoms with Crippen LogP contribution in [-0.2, 0) is 40.1 Å². The number of aliphatic hydroxyl groups excluding tert-OH is 1. The number of carbonyl (C=O) groups is 2. The third-order valence-electron chi connectivity index (χ3n) is 5.70. The van der Waals surface area contributed by atoms with Crippen LogP contribution in [0.2, 0.25) is 5.02 Å². The van der Waals surface area contributed by atoms with E-state index in [0.717, 1.165) is 0 Å². The summed E-state index contributed by atoms with van der Waals surface area (Å²) in [7, 11) is 0. The number of nitrogens with two attached hydrogens (primary N) is 1. The smallest absolute Gasteiger partial charge is 0.351 e. The number of hydrogen-bond acceptors (Lipinski definition) is 11. The van der Waals surface area contributed by atoms with E-state index in [1.54, 1.807) is 27.7 Å². The predicted molar refractivity (Wildman–Crippen MR) is 146 cm³/mol. The summed E-state index contributed by atoms with van der Waals surface area (Å²) in [4.78, 5) is 40.4. The first-order valence-electron chi connectivity index (χ1n) is 12.4. The Morgan fingerprint density at radius 1 is 1.17 bits per heavy atom. The molecule has 0 aliphatic carbocycles. The van der Waals surface area contributed by atoms with Crippen LogP contribution >= 0.6 is 18.2 Å². The lowest BCUT2D eigenvalue weighted by molar-refractivity contribution is -0.241. The molecular weight excluding hydrogens is 637 g/mol. The van der Waals surface area contributed by atoms with Crippen LogP contribution in [0.1, 0.15) is 47.8 Å². The molecule has 0 spiro atoms. The molecule has 1 aromatic rings. The van der Waals surface area contributed by atoms with Crippen molar-refractivity contribution in [2.75, 3.05) is 12.3 Å². The quantitative estimate of drug-likeness (QED) is 0.137. The van der Waals surface area contributed by atoms with Gasteiger partial charge < -0.3 is 29.6 Å². The normalized spacial score (nSPS) is 23.8. The first kappa shape index (κ1) is 36.3. The molecule has 1 aliphatic heterocycles. The van der Waals surface area contributed by atoms with Crippen molar-refractivity contribution in [2.45, 2.75) is 96.1 Å². The van der Waals surface area contributed by atoms with Gasteiger partial charge in [-0.15, -0.1) is 0 Å². The fourth-order valence-corrected chi connectivity index (χ4v) is 6.69. The number of rotatable bonds is 13. The number of aliphatic hydroxyl groups is 1. The van der Waals surface area contributed by atoms with E-state index in [9.17, 15) is 28.3 Å². The molecule has 240 valence electrons. The van der Waals surface area contributed by atoms with E-state index in [1.165, 1.54) is 13.8 Å². The maximum absolute atomic E-state index is 15.5. The lowest BCUT2D eigenvalue weighted by Crippen LogP contribution is -2.58. The Bertz CT molecular complexity index is 1230. The maximum atomic E-state index is 15.5. The van der Waals surface area contributed by atoms with Crippen LogP contribution in [-0.4, -0.2) is 81.5 Å². The molecule has 2 rings (SSSR count). The van der Waals surface area contributed by atoms with Crippen LogP contribution in [0.15, 0.2) is 11.0 Å². The van der Waals surface area contributed by atoms with E-state index in [4.69, 9.17) is 47.9 Å². The number of esters is 2. The van der Waals surface area contributed by atoms with Crippen molar-refractivity contribution in [1.82, 2.24) is 19.7 Å². The van der Waals surface area contributed by atoms with Crippen LogP contribution in [0.5, 0.6) is 0 Å². The number of aromatic nitrogens is 2. The molecule has 0 saturated carbocycles. The zero-order valence-corrected chi connectivity index (χ0v) is 25.8. The van der Waals surface area contributed by atoms with Crippen LogP contribution < -0.4 is 21.6 Å². The third kappa shape index (κ3) is 7.96. The molecule has 5 N–H and O–H groups in total. The van der Waals surface area contributed by atoms with Gasteiger partial charge in [-0.2, -0.15) is 13.8 Å². The minimum Gasteiger partial charge on any atom is -0.462 e. The largest absolute Gasteiger partial charge is 0.462 e. The van der Waals surface area contributed by atoms with Gasteiger partial charge in [0.15, 0.2) is 18.9 Å². The highest BCUT2D eigenvalue weighted by molar-refractivity contribution is 8.10. The number of alkyl halides is 4. The third-order valence-corrected chi connectivity index (χ3v) is 8.88. The molecule has 5 atom stereocenters. The summed E-state index contributed by atoms with van der Waals surface area (Å²) >= 11 is 11.2. The van der Waals surface area contributed by atoms with Gasteiger partial charge in [-0.1, -0.05) is 11.6 Å². The minimum atomic E-state index is -4.76. The lowest BCUT2D eigenvalue weighted by Gasteiger charge is -2.36. The average Bonchev–Trinajstić information content (AvgIpc) is 3.05. The van der Waals surface area contributed by atoms with E-state index < -0.39 is 96.2 Å². The summed E-state index contributed by atoms with van der Waals surface area (Å²) in [6.07, 6.45) is -9.88. The van der Waals surface area contributed by atoms with Gasteiger partial charge in [0.2, 0.25) is 5.60 Å². The van der Waals surface area contributed by atoms with Crippen molar-refractivity contribution in [2.24, 2.45) is 0 Å². The van der Waals surface area contributed by atoms with E-state index in [2.05, 4.69) is 15.2 Å². The Morgan fingerprint density at radius 3 is 2.07 bits per heavy atom. The fraction of sp³-hybridized carbons (Fsp3) is 0.727. The van der Waals surface area contributed by atoms with E-state index in [-0.39, 0.29) is 4.57 Å². The molecule has 1 aliphatic rings. The van der Waals surface area contributed by atoms with Gasteiger partial charge >= 0.3 is 23.6 Å². The summed E-state index contributed by atoms with van der Waals surface area (Å²) < 4.78 is 80.7. The molecule has 20 heteroatoms. The molecule has 42 heavy (non-hydrogen) atoms. The van der Waals surface area contributed by atoms with Gasteiger partial charge in [0.05, 0.1) is 23.8 Å². The molecule has 0 bridgehead atoms. The van der Waals surface area contributed by atoms with Gasteiger partial charge in [0.25, 0.3) is 6.43 Å². The Kier molecular flexibility index (Phi) is 11.9. The minimum absolute atomic E-state index is 0.280. The van der Waals surface area contributed by atoms with Crippen molar-refractivity contribution in [3.8, 4) is 0 Å². The molecule has 1 fully saturated rings. The average molecular weight is 670 g/mol. The van der Waals surface area contributed by atoms with Crippen molar-refractivity contribution >= 4 is 47.7 Å². The van der Waals surface area contributed by atoms with Crippen molar-refractivity contribution in [3.05, 3.63) is 21.7 Å². The van der Waals surface area contributed by atoms with Crippen LogP contribution in [0.3, 0.4) is 0 Å². The molecule has 13 nitrogen and oxygen atoms in total. The summed E-state index contributed by atoms with van der Waals surface area (Å²) in [6.45, 7) is 3.03. The van der Waals surface area contributed by atoms with Gasteiger partial charge in [0.1, 0.15) is 17.9 Å². The Labute approximate surface area is 248 Å². The Morgan fingerprint density at radius 2 is 1.64 bits per heavy atom. The molecule has 1 saturated heterocycles. The highest BCUT2D eigenvalue weighted by Gasteiger charge is 2.74. The first-order valence-corrected chi connectivity index (χ1v) is 15.5. The van der Waals surface area contributed by atoms with Crippen molar-refractivity contribution in [1.29, 1.82) is 0 Å². The van der Waals surface area contributed by atoms with Crippen LogP contribution in [0, 0.1) is 0 Å². The van der Waals surface area contributed by atoms with E-state index in [1.807, 2.05) is 0 Å². The lowest BCUT2D eigenvalue weighted by atomic mass is 9.95. The van der Waals surface area contributed by atoms with Crippen LogP contribution in [0.25, 0.3) is 0 Å². The Balaban J connectivity index is 2.48. The molecule has 0 unspecified atom stereocenters. The number of nitrogens with one attached hydrogen (secondary N) is 2. The molecule has 0 amide bonds. The topological polar surface area (TPSA) is 176 Å². The Hall–Kier alpha value is -1.92. The zero-order valence-electron chi connectivity index (χ0n) is 23.3. The zero-order chi connectivity index (χ0) is 32.4. The summed E-state index contributed by atoms with van der Waals surface area (Å²) in [6, 6.07) is -2.54. The standard InChI is InChI=1S/C22H33ClF4N5O8PS/c1-9(2)38-17(34)11(5)30-41(42,31-12(6)18(35)39-10(3)4)37-8-21(19(24)25)22(26,27)14(33)16(40-21)32-7-13(23)15(28)29-20(32)36/h7,9-12,14,16,19,33H,8H2,1-6H3,(H2,28,29,36)(H2,30,31,42)/t11-,12-,14-,16+,21-/m0/s1. The number of carbonyl (C=O) groups excluding carboxylic acids is 2. The van der Waals surface area contributed by atoms with Crippen LogP contribution in [0.4, 0.5) is 23.4 Å². The molecule has 0 radical (unpaired) electrons. The number of nitrogen functional groups attached to an aromatic ring is 1. The van der Waals surface area contributed by atoms with Crippen molar-refractivity contribution in [3.63, 3.8) is 0 Å². The SMILES string of the molecule is CC(C)OC(=O)[C@H](C)NP(=S)(N[C@@H](C)C(=O)OC(C)C)OC[C@@]1(C(F)F)O[C@@H](n2cc(Cl)c(N)nc2=O)[C@H](O)C1(F)F. The van der Waals surface area contributed by atoms with E-state index >= 15 is 8.78 Å². The predicted octanol–water partition coefficient (Wildman–Crippen LogP) is 2.11. The number of hydrogen-bond donors (Lipinski definition) is 4. The molecule has 0 aromatic carbocycles. The highest BCUT2D eigenvalue weighted by atomic mass is 35.5. The summed E-state index contributed by atoms with van der Waals surface area (Å²) in [5.41, 5.74) is 0.197. The summed E-state index contributed by atoms with van der Waals surface area (Å²) in [5.74, 6) is -6.94. The maximum Gasteiger partial charge on any atom is 0.351 e. The highest BCUT2D eigenvalue weighted by Crippen LogP contribution is 2.53. The second-order valence-electron chi connectivity index (χ2n) is 9.93. The molecular formula is C22H33ClF4N5O8PS. The molecule has 2 heterocycles. The summed E-state index contributed by atoms with van der Waals surface area (Å²) in [5, 5.41) is 15.0. The van der Waals surface area contributed by atoms with Gasteiger partial charge in [-0.3, -0.25) is 14.2 Å². The first-order chi connectivity index (χ1) is 19.2. The van der Waals surface area contributed by atoms with Gasteiger partial charge in [0, 0.05) is 6.20 Å². The second kappa shape index (κ2) is 13.8.